The fourth-order valence-corrected chi connectivity index (χ4v) is 4.00. The first kappa shape index (κ1) is 16.4. The predicted octanol–water partition coefficient (Wildman–Crippen LogP) is 3.39. The van der Waals surface area contributed by atoms with Crippen molar-refractivity contribution >= 4 is 22.8 Å². The molecule has 0 aromatic carbocycles. The summed E-state index contributed by atoms with van der Waals surface area (Å²) >= 11 is 0. The summed E-state index contributed by atoms with van der Waals surface area (Å²) in [6, 6.07) is 0. The Morgan fingerprint density at radius 2 is 1.84 bits per heavy atom. The maximum Gasteiger partial charge on any atom is 0.258 e. The number of carbonyl (C=O) groups is 1. The summed E-state index contributed by atoms with van der Waals surface area (Å²) < 4.78 is 5.84. The van der Waals surface area contributed by atoms with Crippen molar-refractivity contribution < 1.29 is 9.21 Å². The van der Waals surface area contributed by atoms with E-state index in [9.17, 15) is 4.79 Å². The van der Waals surface area contributed by atoms with Crippen LogP contribution in [0.2, 0.25) is 0 Å². The highest BCUT2D eigenvalue weighted by atomic mass is 16.3. The second kappa shape index (κ2) is 6.65. The summed E-state index contributed by atoms with van der Waals surface area (Å²) in [5.41, 5.74) is 1.19. The van der Waals surface area contributed by atoms with Crippen LogP contribution in [0.5, 0.6) is 0 Å². The molecule has 2 aliphatic heterocycles. The van der Waals surface area contributed by atoms with E-state index in [1.165, 1.54) is 6.42 Å². The minimum Gasteiger partial charge on any atom is -0.442 e. The molecule has 0 atom stereocenters. The number of rotatable bonds is 2. The van der Waals surface area contributed by atoms with E-state index < -0.39 is 0 Å². The Balaban J connectivity index is 1.75. The van der Waals surface area contributed by atoms with Crippen LogP contribution in [0.3, 0.4) is 0 Å². The number of hydrogen-bond donors (Lipinski definition) is 0. The van der Waals surface area contributed by atoms with E-state index in [0.717, 1.165) is 63.1 Å². The van der Waals surface area contributed by atoms with Crippen LogP contribution in [0.1, 0.15) is 55.1 Å². The van der Waals surface area contributed by atoms with Crippen molar-refractivity contribution in [3.63, 3.8) is 0 Å². The fourth-order valence-electron chi connectivity index (χ4n) is 4.00. The molecule has 25 heavy (non-hydrogen) atoms. The van der Waals surface area contributed by atoms with Gasteiger partial charge in [0.1, 0.15) is 17.9 Å². The van der Waals surface area contributed by atoms with E-state index in [2.05, 4.69) is 21.8 Å². The third-order valence-corrected chi connectivity index (χ3v) is 5.58. The zero-order chi connectivity index (χ0) is 17.4. The Labute approximate surface area is 148 Å². The second-order valence-corrected chi connectivity index (χ2v) is 7.43. The summed E-state index contributed by atoms with van der Waals surface area (Å²) in [7, 11) is 0. The van der Waals surface area contributed by atoms with E-state index in [-0.39, 0.29) is 5.91 Å². The van der Waals surface area contributed by atoms with Gasteiger partial charge in [0.05, 0.1) is 10.9 Å². The number of aryl methyl sites for hydroxylation is 1. The number of amides is 1. The third kappa shape index (κ3) is 2.98. The predicted molar refractivity (Wildman–Crippen MR) is 96.9 cm³/mol. The van der Waals surface area contributed by atoms with Gasteiger partial charge in [0.15, 0.2) is 0 Å². The molecule has 0 unspecified atom stereocenters. The van der Waals surface area contributed by atoms with E-state index in [1.807, 2.05) is 11.8 Å². The molecule has 0 spiro atoms. The van der Waals surface area contributed by atoms with Gasteiger partial charge in [0.25, 0.3) is 5.91 Å². The summed E-state index contributed by atoms with van der Waals surface area (Å²) in [5.74, 6) is 2.27. The zero-order valence-electron chi connectivity index (χ0n) is 15.1. The number of fused-ring (bicyclic) bond motifs is 1. The van der Waals surface area contributed by atoms with Crippen molar-refractivity contribution in [2.45, 2.75) is 46.0 Å². The van der Waals surface area contributed by atoms with Crippen molar-refractivity contribution in [1.29, 1.82) is 0 Å². The Hall–Kier alpha value is -2.11. The maximum atomic E-state index is 13.2. The van der Waals surface area contributed by atoms with Crippen molar-refractivity contribution in [3.8, 4) is 0 Å². The lowest BCUT2D eigenvalue weighted by molar-refractivity contribution is 0.0697. The van der Waals surface area contributed by atoms with Gasteiger partial charge < -0.3 is 14.2 Å². The molecule has 2 saturated heterocycles. The van der Waals surface area contributed by atoms with E-state index in [1.54, 1.807) is 6.33 Å². The Morgan fingerprint density at radius 1 is 1.12 bits per heavy atom. The molecule has 6 heteroatoms. The molecular weight excluding hydrogens is 316 g/mol. The molecule has 0 aliphatic carbocycles. The summed E-state index contributed by atoms with van der Waals surface area (Å²) in [6.07, 6.45) is 7.26. The average molecular weight is 342 g/mol. The molecule has 4 rings (SSSR count). The smallest absolute Gasteiger partial charge is 0.258 e. The number of aromatic nitrogens is 2. The summed E-state index contributed by atoms with van der Waals surface area (Å²) in [6.45, 7) is 7.71. The summed E-state index contributed by atoms with van der Waals surface area (Å²) in [5, 5.41) is 0.797. The molecule has 0 N–H and O–H groups in total. The number of piperidine rings is 2. The maximum absolute atomic E-state index is 13.2. The molecule has 1 amide bonds. The second-order valence-electron chi connectivity index (χ2n) is 7.43. The molecule has 2 aromatic rings. The minimum absolute atomic E-state index is 0.0659. The monoisotopic (exact) mass is 342 g/mol. The van der Waals surface area contributed by atoms with Gasteiger partial charge in [0.2, 0.25) is 5.71 Å². The van der Waals surface area contributed by atoms with Gasteiger partial charge in [-0.2, -0.15) is 0 Å². The number of anilines is 1. The van der Waals surface area contributed by atoms with Gasteiger partial charge in [-0.3, -0.25) is 4.79 Å². The molecular formula is C19H26N4O2. The SMILES string of the molecule is Cc1oc2ncnc(N3CCCCC3)c2c1C(=O)N1CCC(C)CC1. The average Bonchev–Trinajstić information content (AvgIpc) is 2.98. The van der Waals surface area contributed by atoms with Crippen molar-refractivity contribution in [1.82, 2.24) is 14.9 Å². The van der Waals surface area contributed by atoms with Crippen LogP contribution in [0.15, 0.2) is 10.7 Å². The first-order chi connectivity index (χ1) is 12.1. The van der Waals surface area contributed by atoms with E-state index >= 15 is 0 Å². The Kier molecular flexibility index (Phi) is 4.36. The van der Waals surface area contributed by atoms with Crippen molar-refractivity contribution in [3.05, 3.63) is 17.7 Å². The number of nitrogens with zero attached hydrogens (tertiary/aromatic N) is 4. The van der Waals surface area contributed by atoms with Crippen LogP contribution in [-0.2, 0) is 0 Å². The zero-order valence-corrected chi connectivity index (χ0v) is 15.1. The van der Waals surface area contributed by atoms with Crippen LogP contribution in [0.25, 0.3) is 11.1 Å². The molecule has 134 valence electrons. The highest BCUT2D eigenvalue weighted by Crippen LogP contribution is 2.33. The molecule has 0 bridgehead atoms. The lowest BCUT2D eigenvalue weighted by Gasteiger charge is -2.31. The van der Waals surface area contributed by atoms with Crippen LogP contribution in [0.4, 0.5) is 5.82 Å². The summed E-state index contributed by atoms with van der Waals surface area (Å²) in [4.78, 5) is 26.3. The van der Waals surface area contributed by atoms with Crippen molar-refractivity contribution in [2.24, 2.45) is 5.92 Å². The number of hydrogen-bond acceptors (Lipinski definition) is 5. The molecule has 6 nitrogen and oxygen atoms in total. The van der Waals surface area contributed by atoms with Crippen LogP contribution >= 0.6 is 0 Å². The van der Waals surface area contributed by atoms with Gasteiger partial charge in [-0.05, 0) is 44.9 Å². The standard InChI is InChI=1S/C19H26N4O2/c1-13-6-10-23(11-7-13)19(24)15-14(2)25-18-16(15)17(20-12-21-18)22-8-4-3-5-9-22/h12-13H,3-11H2,1-2H3. The normalized spacial score (nSPS) is 19.6. The topological polar surface area (TPSA) is 62.5 Å². The number of furan rings is 1. The van der Waals surface area contributed by atoms with Crippen LogP contribution in [-0.4, -0.2) is 47.0 Å². The van der Waals surface area contributed by atoms with Gasteiger partial charge >= 0.3 is 0 Å². The third-order valence-electron chi connectivity index (χ3n) is 5.58. The molecule has 0 radical (unpaired) electrons. The Bertz CT molecular complexity index is 771. The first-order valence-electron chi connectivity index (χ1n) is 9.43. The molecule has 2 aromatic heterocycles. The van der Waals surface area contributed by atoms with Crippen molar-refractivity contribution in [2.75, 3.05) is 31.1 Å². The van der Waals surface area contributed by atoms with Crippen LogP contribution in [0, 0.1) is 12.8 Å². The number of likely N-dealkylation sites (tertiary alicyclic amines) is 1. The largest absolute Gasteiger partial charge is 0.442 e. The first-order valence-corrected chi connectivity index (χ1v) is 9.43. The van der Waals surface area contributed by atoms with Gasteiger partial charge in [0, 0.05) is 26.2 Å². The highest BCUT2D eigenvalue weighted by molar-refractivity contribution is 6.10. The molecule has 0 saturated carbocycles. The molecule has 2 fully saturated rings. The lowest BCUT2D eigenvalue weighted by Crippen LogP contribution is -2.38. The minimum atomic E-state index is 0.0659. The fraction of sp³-hybridized carbons (Fsp3) is 0.632. The van der Waals surface area contributed by atoms with Gasteiger partial charge in [-0.15, -0.1) is 0 Å². The van der Waals surface area contributed by atoms with Gasteiger partial charge in [-0.25, -0.2) is 9.97 Å². The van der Waals surface area contributed by atoms with E-state index in [4.69, 9.17) is 4.42 Å². The lowest BCUT2D eigenvalue weighted by atomic mass is 9.98. The number of carbonyl (C=O) groups excluding carboxylic acids is 1. The van der Waals surface area contributed by atoms with Gasteiger partial charge in [-0.1, -0.05) is 6.92 Å². The highest BCUT2D eigenvalue weighted by Gasteiger charge is 2.30. The van der Waals surface area contributed by atoms with E-state index in [0.29, 0.717) is 23.0 Å². The molecule has 2 aliphatic rings. The quantitative estimate of drug-likeness (QED) is 0.837. The molecule has 4 heterocycles. The van der Waals surface area contributed by atoms with Crippen LogP contribution < -0.4 is 4.90 Å². The Morgan fingerprint density at radius 3 is 2.56 bits per heavy atom.